The van der Waals surface area contributed by atoms with Gasteiger partial charge in [-0.3, -0.25) is 0 Å². The molecule has 7 heteroatoms. The molecule has 0 saturated heterocycles. The maximum Gasteiger partial charge on any atom is 0.209 e. The third-order valence-corrected chi connectivity index (χ3v) is 5.67. The number of thioether (sulfide) groups is 1. The van der Waals surface area contributed by atoms with Crippen LogP contribution in [0.4, 0.5) is 0 Å². The van der Waals surface area contributed by atoms with Crippen molar-refractivity contribution in [3.8, 4) is 16.3 Å². The summed E-state index contributed by atoms with van der Waals surface area (Å²) in [5.41, 5.74) is 3.28. The summed E-state index contributed by atoms with van der Waals surface area (Å²) < 4.78 is 1.79. The number of benzene rings is 1. The molecule has 0 unspecified atom stereocenters. The molecule has 0 spiro atoms. The van der Waals surface area contributed by atoms with E-state index < -0.39 is 0 Å². The maximum atomic E-state index is 4.67. The third-order valence-electron chi connectivity index (χ3n) is 3.16. The predicted molar refractivity (Wildman–Crippen MR) is 96.3 cm³/mol. The Morgan fingerprint density at radius 1 is 1.09 bits per heavy atom. The molecule has 3 aromatic heterocycles. The molecule has 0 radical (unpaired) electrons. The van der Waals surface area contributed by atoms with E-state index >= 15 is 0 Å². The van der Waals surface area contributed by atoms with Crippen molar-refractivity contribution in [3.63, 3.8) is 0 Å². The highest BCUT2D eigenvalue weighted by Crippen LogP contribution is 2.28. The molecule has 0 fully saturated rings. The molecule has 4 rings (SSSR count). The Morgan fingerprint density at radius 2 is 2.00 bits per heavy atom. The van der Waals surface area contributed by atoms with Crippen LogP contribution in [-0.2, 0) is 5.75 Å². The molecule has 0 saturated carbocycles. The number of hydrogen-bond donors (Lipinski definition) is 0. The molecule has 0 aliphatic heterocycles. The van der Waals surface area contributed by atoms with E-state index in [4.69, 9.17) is 0 Å². The van der Waals surface area contributed by atoms with Crippen LogP contribution in [0, 0.1) is 0 Å². The zero-order valence-electron chi connectivity index (χ0n) is 12.0. The minimum absolute atomic E-state index is 0.763. The average molecular weight is 357 g/mol. The molecule has 3 heterocycles. The topological polar surface area (TPSA) is 43.6 Å². The van der Waals surface area contributed by atoms with Crippen molar-refractivity contribution in [3.05, 3.63) is 64.6 Å². The van der Waals surface area contributed by atoms with Gasteiger partial charge in [0.05, 0.1) is 11.4 Å². The average Bonchev–Trinajstić information content (AvgIpc) is 3.33. The fraction of sp³-hybridized carbons (Fsp3) is 0.0625. The molecule has 23 heavy (non-hydrogen) atoms. The summed E-state index contributed by atoms with van der Waals surface area (Å²) in [5, 5.41) is 12.6. The van der Waals surface area contributed by atoms with Crippen LogP contribution >= 0.6 is 34.4 Å². The van der Waals surface area contributed by atoms with E-state index in [1.807, 2.05) is 30.3 Å². The first-order valence-corrected chi connectivity index (χ1v) is 9.76. The highest BCUT2D eigenvalue weighted by Gasteiger charge is 2.08. The smallest absolute Gasteiger partial charge is 0.209 e. The number of hydrogen-bond acceptors (Lipinski definition) is 6. The second kappa shape index (κ2) is 6.66. The van der Waals surface area contributed by atoms with Gasteiger partial charge in [0, 0.05) is 22.1 Å². The van der Waals surface area contributed by atoms with Crippen LogP contribution in [0.15, 0.2) is 64.0 Å². The van der Waals surface area contributed by atoms with Crippen molar-refractivity contribution in [1.82, 2.24) is 19.7 Å². The van der Waals surface area contributed by atoms with Gasteiger partial charge >= 0.3 is 0 Å². The number of para-hydroxylation sites is 1. The van der Waals surface area contributed by atoms with Crippen molar-refractivity contribution < 1.29 is 0 Å². The molecular weight excluding hydrogens is 344 g/mol. The van der Waals surface area contributed by atoms with E-state index in [9.17, 15) is 0 Å². The number of nitrogens with zero attached hydrogens (tertiary/aromatic N) is 4. The minimum Gasteiger partial charge on any atom is -0.240 e. The van der Waals surface area contributed by atoms with E-state index in [0.29, 0.717) is 0 Å². The van der Waals surface area contributed by atoms with E-state index in [2.05, 4.69) is 37.3 Å². The molecule has 1 aromatic carbocycles. The predicted octanol–water partition coefficient (Wildman–Crippen LogP) is 4.74. The quantitative estimate of drug-likeness (QED) is 0.484. The molecule has 0 bridgehead atoms. The van der Waals surface area contributed by atoms with Gasteiger partial charge in [0.25, 0.3) is 0 Å². The van der Waals surface area contributed by atoms with Crippen LogP contribution in [-0.4, -0.2) is 19.7 Å². The highest BCUT2D eigenvalue weighted by molar-refractivity contribution is 7.98. The summed E-state index contributed by atoms with van der Waals surface area (Å²) in [6.07, 6.45) is 1.75. The monoisotopic (exact) mass is 356 g/mol. The Kier molecular flexibility index (Phi) is 4.23. The van der Waals surface area contributed by atoms with Crippen LogP contribution in [0.2, 0.25) is 0 Å². The van der Waals surface area contributed by atoms with Crippen molar-refractivity contribution in [2.24, 2.45) is 0 Å². The van der Waals surface area contributed by atoms with E-state index in [1.54, 1.807) is 45.4 Å². The van der Waals surface area contributed by atoms with Crippen molar-refractivity contribution in [2.45, 2.75) is 10.9 Å². The van der Waals surface area contributed by atoms with Gasteiger partial charge in [0.2, 0.25) is 5.16 Å². The largest absolute Gasteiger partial charge is 0.240 e. The van der Waals surface area contributed by atoms with Gasteiger partial charge in [0.15, 0.2) is 0 Å². The first kappa shape index (κ1) is 14.6. The number of thiazole rings is 1. The normalized spacial score (nSPS) is 11.0. The standard InChI is InChI=1S/C16H12N4S3/c1-2-4-14(5-3-1)20-11-17-16(19-20)23-10-13-9-22-15(18-13)12-6-7-21-8-12/h1-9,11H,10H2. The second-order valence-corrected chi connectivity index (χ2v) is 7.33. The lowest BCUT2D eigenvalue weighted by Gasteiger charge is -1.98. The van der Waals surface area contributed by atoms with Crippen molar-refractivity contribution in [1.29, 1.82) is 0 Å². The van der Waals surface area contributed by atoms with Crippen LogP contribution in [0.5, 0.6) is 0 Å². The van der Waals surface area contributed by atoms with Gasteiger partial charge in [-0.25, -0.2) is 14.6 Å². The molecule has 0 aliphatic carbocycles. The summed E-state index contributed by atoms with van der Waals surface area (Å²) in [6, 6.07) is 12.1. The van der Waals surface area contributed by atoms with Gasteiger partial charge in [-0.15, -0.1) is 16.4 Å². The fourth-order valence-electron chi connectivity index (χ4n) is 2.05. The van der Waals surface area contributed by atoms with Gasteiger partial charge in [-0.05, 0) is 23.6 Å². The summed E-state index contributed by atoms with van der Waals surface area (Å²) >= 11 is 4.98. The highest BCUT2D eigenvalue weighted by atomic mass is 32.2. The summed E-state index contributed by atoms with van der Waals surface area (Å²) in [7, 11) is 0. The molecular formula is C16H12N4S3. The van der Waals surface area contributed by atoms with E-state index in [-0.39, 0.29) is 0 Å². The first-order chi connectivity index (χ1) is 11.4. The minimum atomic E-state index is 0.763. The number of thiophene rings is 1. The van der Waals surface area contributed by atoms with Gasteiger partial charge in [-0.2, -0.15) is 11.3 Å². The van der Waals surface area contributed by atoms with Gasteiger partial charge < -0.3 is 0 Å². The van der Waals surface area contributed by atoms with Gasteiger partial charge in [-0.1, -0.05) is 30.0 Å². The second-order valence-electron chi connectivity index (χ2n) is 4.75. The number of rotatable bonds is 5. The lowest BCUT2D eigenvalue weighted by atomic mass is 10.3. The fourth-order valence-corrected chi connectivity index (χ4v) is 4.38. The van der Waals surface area contributed by atoms with Crippen LogP contribution < -0.4 is 0 Å². The lowest BCUT2D eigenvalue weighted by molar-refractivity contribution is 0.834. The maximum absolute atomic E-state index is 4.67. The zero-order valence-corrected chi connectivity index (χ0v) is 14.4. The Bertz CT molecular complexity index is 881. The van der Waals surface area contributed by atoms with Crippen LogP contribution in [0.1, 0.15) is 5.69 Å². The lowest BCUT2D eigenvalue weighted by Crippen LogP contribution is -1.93. The molecule has 0 aliphatic rings. The Hall–Kier alpha value is -1.96. The molecule has 4 aromatic rings. The van der Waals surface area contributed by atoms with Crippen LogP contribution in [0.25, 0.3) is 16.3 Å². The Balaban J connectivity index is 1.43. The first-order valence-electron chi connectivity index (χ1n) is 6.95. The third kappa shape index (κ3) is 3.36. The van der Waals surface area contributed by atoms with Crippen molar-refractivity contribution >= 4 is 34.4 Å². The SMILES string of the molecule is c1ccc(-n2cnc(SCc3csc(-c4ccsc4)n3)n2)cc1. The van der Waals surface area contributed by atoms with E-state index in [0.717, 1.165) is 27.3 Å². The van der Waals surface area contributed by atoms with Gasteiger partial charge in [0.1, 0.15) is 11.3 Å². The summed E-state index contributed by atoms with van der Waals surface area (Å²) in [5.74, 6) is 0.777. The number of aromatic nitrogens is 4. The van der Waals surface area contributed by atoms with Crippen LogP contribution in [0.3, 0.4) is 0 Å². The molecule has 4 nitrogen and oxygen atoms in total. The Morgan fingerprint density at radius 3 is 2.83 bits per heavy atom. The molecule has 0 N–H and O–H groups in total. The Labute approximate surface area is 145 Å². The summed E-state index contributed by atoms with van der Waals surface area (Å²) in [6.45, 7) is 0. The molecule has 114 valence electrons. The zero-order chi connectivity index (χ0) is 15.5. The molecule has 0 atom stereocenters. The summed E-state index contributed by atoms with van der Waals surface area (Å²) in [4.78, 5) is 9.03. The molecule has 0 amide bonds. The van der Waals surface area contributed by atoms with E-state index in [1.165, 1.54) is 5.56 Å². The van der Waals surface area contributed by atoms with Crippen molar-refractivity contribution in [2.75, 3.05) is 0 Å².